The minimum absolute atomic E-state index is 0.230. The third-order valence-corrected chi connectivity index (χ3v) is 4.88. The van der Waals surface area contributed by atoms with E-state index in [1.165, 1.54) is 24.1 Å². The summed E-state index contributed by atoms with van der Waals surface area (Å²) in [6, 6.07) is 23.3. The van der Waals surface area contributed by atoms with Crippen LogP contribution in [0.2, 0.25) is 0 Å². The molecule has 0 spiro atoms. The summed E-state index contributed by atoms with van der Waals surface area (Å²) in [5.74, 6) is -0.826. The second-order valence-corrected chi connectivity index (χ2v) is 7.19. The molecule has 3 aromatic carbocycles. The Kier molecular flexibility index (Phi) is 6.73. The van der Waals surface area contributed by atoms with Crippen molar-refractivity contribution in [1.29, 1.82) is 0 Å². The molecule has 0 radical (unpaired) electrons. The van der Waals surface area contributed by atoms with Crippen LogP contribution in [0.15, 0.2) is 85.1 Å². The number of ether oxygens (including phenoxy) is 2. The molecule has 0 saturated carbocycles. The third-order valence-electron chi connectivity index (χ3n) is 4.88. The van der Waals surface area contributed by atoms with Crippen LogP contribution < -0.4 is 20.3 Å². The number of nitrogens with one attached hydrogen (secondary N) is 2. The highest BCUT2D eigenvalue weighted by atomic mass is 16.5. The van der Waals surface area contributed by atoms with Gasteiger partial charge in [-0.3, -0.25) is 20.4 Å². The lowest BCUT2D eigenvalue weighted by atomic mass is 10.2. The number of para-hydroxylation sites is 1. The number of methoxy groups -OCH3 is 1. The van der Waals surface area contributed by atoms with Crippen molar-refractivity contribution >= 4 is 11.8 Å². The van der Waals surface area contributed by atoms with Gasteiger partial charge >= 0.3 is 0 Å². The van der Waals surface area contributed by atoms with Crippen molar-refractivity contribution in [3.8, 4) is 22.9 Å². The summed E-state index contributed by atoms with van der Waals surface area (Å²) in [7, 11) is 1.47. The molecular weight excluding hydrogens is 436 g/mol. The Morgan fingerprint density at radius 3 is 2.29 bits per heavy atom. The van der Waals surface area contributed by atoms with Crippen LogP contribution in [-0.4, -0.2) is 33.8 Å². The Balaban J connectivity index is 1.39. The quantitative estimate of drug-likeness (QED) is 0.366. The number of hydrogen-bond donors (Lipinski definition) is 3. The van der Waals surface area contributed by atoms with E-state index in [0.29, 0.717) is 23.8 Å². The van der Waals surface area contributed by atoms with E-state index in [1.807, 2.05) is 36.4 Å². The van der Waals surface area contributed by atoms with Crippen molar-refractivity contribution in [2.75, 3.05) is 7.11 Å². The van der Waals surface area contributed by atoms with Gasteiger partial charge in [-0.15, -0.1) is 0 Å². The van der Waals surface area contributed by atoms with E-state index in [9.17, 15) is 14.7 Å². The van der Waals surface area contributed by atoms with Gasteiger partial charge in [-0.25, -0.2) is 4.68 Å². The van der Waals surface area contributed by atoms with Crippen molar-refractivity contribution in [3.63, 3.8) is 0 Å². The van der Waals surface area contributed by atoms with Crippen LogP contribution in [0, 0.1) is 0 Å². The highest BCUT2D eigenvalue weighted by Crippen LogP contribution is 2.29. The van der Waals surface area contributed by atoms with E-state index in [4.69, 9.17) is 9.47 Å². The molecule has 0 bridgehead atoms. The fraction of sp³-hybridized carbons (Fsp3) is 0.0800. The van der Waals surface area contributed by atoms with Crippen LogP contribution in [0.5, 0.6) is 17.2 Å². The molecule has 0 atom stereocenters. The summed E-state index contributed by atoms with van der Waals surface area (Å²) in [5.41, 5.74) is 6.23. The fourth-order valence-electron chi connectivity index (χ4n) is 3.15. The number of amides is 2. The van der Waals surface area contributed by atoms with Crippen LogP contribution >= 0.6 is 0 Å². The van der Waals surface area contributed by atoms with E-state index >= 15 is 0 Å². The fourth-order valence-corrected chi connectivity index (χ4v) is 3.15. The number of benzene rings is 3. The number of rotatable bonds is 7. The highest BCUT2D eigenvalue weighted by molar-refractivity contribution is 5.99. The Labute approximate surface area is 195 Å². The van der Waals surface area contributed by atoms with Crippen LogP contribution in [0.25, 0.3) is 5.69 Å². The summed E-state index contributed by atoms with van der Waals surface area (Å²) in [4.78, 5) is 25.0. The predicted molar refractivity (Wildman–Crippen MR) is 124 cm³/mol. The number of hydrogen-bond acceptors (Lipinski definition) is 6. The molecule has 1 heterocycles. The summed E-state index contributed by atoms with van der Waals surface area (Å²) in [6.07, 6.45) is 1.31. The normalized spacial score (nSPS) is 10.4. The van der Waals surface area contributed by atoms with Gasteiger partial charge in [0, 0.05) is 5.56 Å². The Bertz CT molecular complexity index is 1290. The average Bonchev–Trinajstić information content (AvgIpc) is 3.28. The first-order valence-corrected chi connectivity index (χ1v) is 10.3. The van der Waals surface area contributed by atoms with Crippen LogP contribution in [0.3, 0.4) is 0 Å². The molecule has 0 aliphatic rings. The molecule has 34 heavy (non-hydrogen) atoms. The van der Waals surface area contributed by atoms with Gasteiger partial charge in [-0.2, -0.15) is 5.10 Å². The molecule has 4 aromatic rings. The minimum atomic E-state index is -0.768. The highest BCUT2D eigenvalue weighted by Gasteiger charge is 2.18. The molecule has 9 nitrogen and oxygen atoms in total. The molecule has 0 saturated heterocycles. The zero-order valence-corrected chi connectivity index (χ0v) is 18.3. The van der Waals surface area contributed by atoms with Gasteiger partial charge in [0.15, 0.2) is 22.9 Å². The van der Waals surface area contributed by atoms with Crippen LogP contribution in [-0.2, 0) is 6.61 Å². The van der Waals surface area contributed by atoms with E-state index < -0.39 is 11.8 Å². The average molecular weight is 458 g/mol. The maximum Gasteiger partial charge on any atom is 0.294 e. The summed E-state index contributed by atoms with van der Waals surface area (Å²) < 4.78 is 12.5. The van der Waals surface area contributed by atoms with E-state index in [-0.39, 0.29) is 17.0 Å². The monoisotopic (exact) mass is 458 g/mol. The van der Waals surface area contributed by atoms with Gasteiger partial charge in [0.25, 0.3) is 11.8 Å². The standard InChI is InChI=1S/C25H22N4O5/c1-33-22-14-18(12-13-21(22)34-16-17-8-4-2-5-9-17)24(31)26-27-25(32)23-20(30)15-29(28-23)19-10-6-3-7-11-19/h2-15,30H,16H2,1H3,(H,26,31)(H,27,32). The number of aromatic hydroxyl groups is 1. The van der Waals surface area contributed by atoms with Gasteiger partial charge in [-0.1, -0.05) is 48.5 Å². The van der Waals surface area contributed by atoms with Gasteiger partial charge in [-0.05, 0) is 35.9 Å². The SMILES string of the molecule is COc1cc(C(=O)NNC(=O)c2nn(-c3ccccc3)cc2O)ccc1OCc1ccccc1. The molecule has 9 heteroatoms. The van der Waals surface area contributed by atoms with Crippen LogP contribution in [0.1, 0.15) is 26.4 Å². The molecule has 2 amide bonds. The molecule has 3 N–H and O–H groups in total. The number of aromatic nitrogens is 2. The molecular formula is C25H22N4O5. The van der Waals surface area contributed by atoms with Crippen molar-refractivity contribution in [3.05, 3.63) is 102 Å². The smallest absolute Gasteiger partial charge is 0.294 e. The molecule has 1 aromatic heterocycles. The second kappa shape index (κ2) is 10.2. The van der Waals surface area contributed by atoms with Gasteiger partial charge in [0.1, 0.15) is 6.61 Å². The molecule has 0 unspecified atom stereocenters. The van der Waals surface area contributed by atoms with Gasteiger partial charge < -0.3 is 14.6 Å². The summed E-state index contributed by atoms with van der Waals surface area (Å²) in [5, 5.41) is 14.2. The predicted octanol–water partition coefficient (Wildman–Crippen LogP) is 3.24. The molecule has 172 valence electrons. The zero-order chi connectivity index (χ0) is 23.9. The van der Waals surface area contributed by atoms with Crippen LogP contribution in [0.4, 0.5) is 0 Å². The Morgan fingerprint density at radius 1 is 0.912 bits per heavy atom. The summed E-state index contributed by atoms with van der Waals surface area (Å²) >= 11 is 0. The van der Waals surface area contributed by atoms with Gasteiger partial charge in [0.2, 0.25) is 0 Å². The topological polar surface area (TPSA) is 115 Å². The zero-order valence-electron chi connectivity index (χ0n) is 18.3. The largest absolute Gasteiger partial charge is 0.504 e. The third kappa shape index (κ3) is 5.16. The van der Waals surface area contributed by atoms with Crippen molar-refractivity contribution < 1.29 is 24.2 Å². The van der Waals surface area contributed by atoms with Crippen molar-refractivity contribution in [1.82, 2.24) is 20.6 Å². The first-order valence-electron chi connectivity index (χ1n) is 10.3. The number of hydrazine groups is 1. The summed E-state index contributed by atoms with van der Waals surface area (Å²) in [6.45, 7) is 0.345. The van der Waals surface area contributed by atoms with E-state index in [0.717, 1.165) is 5.56 Å². The molecule has 4 rings (SSSR count). The molecule has 0 aliphatic carbocycles. The number of nitrogens with zero attached hydrogens (tertiary/aromatic N) is 2. The Morgan fingerprint density at radius 2 is 1.59 bits per heavy atom. The first kappa shape index (κ1) is 22.4. The lowest BCUT2D eigenvalue weighted by Crippen LogP contribution is -2.41. The van der Waals surface area contributed by atoms with Gasteiger partial charge in [0.05, 0.1) is 19.0 Å². The lowest BCUT2D eigenvalue weighted by Gasteiger charge is -2.12. The van der Waals surface area contributed by atoms with E-state index in [2.05, 4.69) is 16.0 Å². The van der Waals surface area contributed by atoms with Crippen molar-refractivity contribution in [2.24, 2.45) is 0 Å². The molecule has 0 fully saturated rings. The minimum Gasteiger partial charge on any atom is -0.504 e. The lowest BCUT2D eigenvalue weighted by molar-refractivity contribution is 0.0842. The maximum absolute atomic E-state index is 12.5. The first-order chi connectivity index (χ1) is 16.5. The molecule has 0 aliphatic heterocycles. The van der Waals surface area contributed by atoms with E-state index in [1.54, 1.807) is 36.4 Å². The van der Waals surface area contributed by atoms with Crippen molar-refractivity contribution in [2.45, 2.75) is 6.61 Å². The number of carbonyl (C=O) groups is 2. The maximum atomic E-state index is 12.5. The Hall–Kier alpha value is -4.79. The second-order valence-electron chi connectivity index (χ2n) is 7.19. The number of carbonyl (C=O) groups excluding carboxylic acids is 2.